The Balaban J connectivity index is 2.02. The van der Waals surface area contributed by atoms with Gasteiger partial charge in [0.05, 0.1) is 11.9 Å². The van der Waals surface area contributed by atoms with E-state index in [1.54, 1.807) is 7.11 Å². The molecule has 0 heterocycles. The van der Waals surface area contributed by atoms with Crippen LogP contribution in [0.1, 0.15) is 30.4 Å². The van der Waals surface area contributed by atoms with Crippen LogP contribution in [0.15, 0.2) is 24.3 Å². The topological polar surface area (TPSA) is 67.4 Å². The highest BCUT2D eigenvalue weighted by Gasteiger charge is 2.30. The zero-order valence-electron chi connectivity index (χ0n) is 12.6. The lowest BCUT2D eigenvalue weighted by Gasteiger charge is -2.19. The predicted octanol–water partition coefficient (Wildman–Crippen LogP) is 1.39. The molecule has 1 aliphatic carbocycles. The van der Waals surface area contributed by atoms with Gasteiger partial charge in [-0.15, -0.1) is 0 Å². The van der Waals surface area contributed by atoms with Crippen molar-refractivity contribution >= 4 is 10.0 Å². The zero-order valence-corrected chi connectivity index (χ0v) is 13.4. The van der Waals surface area contributed by atoms with E-state index < -0.39 is 10.0 Å². The molecule has 1 saturated carbocycles. The molecule has 1 aliphatic rings. The highest BCUT2D eigenvalue weighted by Crippen LogP contribution is 2.22. The van der Waals surface area contributed by atoms with E-state index in [1.807, 2.05) is 31.3 Å². The van der Waals surface area contributed by atoms with Crippen molar-refractivity contribution < 1.29 is 13.2 Å². The van der Waals surface area contributed by atoms with Gasteiger partial charge in [-0.2, -0.15) is 0 Å². The van der Waals surface area contributed by atoms with E-state index in [9.17, 15) is 8.42 Å². The molecule has 0 saturated heterocycles. The van der Waals surface area contributed by atoms with E-state index in [2.05, 4.69) is 10.0 Å². The molecule has 0 radical (unpaired) electrons. The van der Waals surface area contributed by atoms with Gasteiger partial charge in [0.2, 0.25) is 10.0 Å². The summed E-state index contributed by atoms with van der Waals surface area (Å²) in [5.41, 5.74) is 1.89. The zero-order chi connectivity index (χ0) is 15.3. The highest BCUT2D eigenvalue weighted by atomic mass is 32.2. The van der Waals surface area contributed by atoms with E-state index in [-0.39, 0.29) is 17.9 Å². The quantitative estimate of drug-likeness (QED) is 0.798. The summed E-state index contributed by atoms with van der Waals surface area (Å²) in [4.78, 5) is 0. The third-order valence-electron chi connectivity index (χ3n) is 3.82. The Morgan fingerprint density at radius 2 is 2.05 bits per heavy atom. The lowest BCUT2D eigenvalue weighted by Crippen LogP contribution is -2.41. The molecule has 5 nitrogen and oxygen atoms in total. The molecule has 118 valence electrons. The van der Waals surface area contributed by atoms with Crippen LogP contribution in [0.3, 0.4) is 0 Å². The van der Waals surface area contributed by atoms with Crippen LogP contribution in [0.5, 0.6) is 0 Å². The van der Waals surface area contributed by atoms with Crippen molar-refractivity contribution in [2.75, 3.05) is 14.2 Å². The van der Waals surface area contributed by atoms with Gasteiger partial charge >= 0.3 is 0 Å². The van der Waals surface area contributed by atoms with Crippen molar-refractivity contribution in [1.29, 1.82) is 0 Å². The van der Waals surface area contributed by atoms with Crippen LogP contribution in [0.25, 0.3) is 0 Å². The molecule has 2 N–H and O–H groups in total. The highest BCUT2D eigenvalue weighted by molar-refractivity contribution is 7.88. The van der Waals surface area contributed by atoms with Crippen molar-refractivity contribution in [3.63, 3.8) is 0 Å². The van der Waals surface area contributed by atoms with E-state index in [0.717, 1.165) is 36.9 Å². The van der Waals surface area contributed by atoms with Gasteiger partial charge in [0.1, 0.15) is 0 Å². The summed E-state index contributed by atoms with van der Waals surface area (Å²) < 4.78 is 32.7. The van der Waals surface area contributed by atoms with Crippen LogP contribution >= 0.6 is 0 Å². The summed E-state index contributed by atoms with van der Waals surface area (Å²) in [6.07, 6.45) is 2.76. The first-order valence-electron chi connectivity index (χ1n) is 7.29. The van der Waals surface area contributed by atoms with E-state index in [0.29, 0.717) is 0 Å². The first-order chi connectivity index (χ1) is 10.0. The Kier molecular flexibility index (Phi) is 5.75. The predicted molar refractivity (Wildman–Crippen MR) is 83.4 cm³/mol. The molecule has 6 heteroatoms. The van der Waals surface area contributed by atoms with Crippen LogP contribution in [0.2, 0.25) is 0 Å². The number of sulfonamides is 1. The van der Waals surface area contributed by atoms with Crippen molar-refractivity contribution in [3.8, 4) is 0 Å². The normalized spacial score (nSPS) is 22.6. The summed E-state index contributed by atoms with van der Waals surface area (Å²) in [6, 6.07) is 7.56. The number of benzene rings is 1. The van der Waals surface area contributed by atoms with Crippen molar-refractivity contribution in [3.05, 3.63) is 35.4 Å². The molecule has 1 fully saturated rings. The molecule has 0 bridgehead atoms. The van der Waals surface area contributed by atoms with Crippen molar-refractivity contribution in [2.45, 2.75) is 43.7 Å². The van der Waals surface area contributed by atoms with Crippen molar-refractivity contribution in [1.82, 2.24) is 10.0 Å². The fourth-order valence-corrected chi connectivity index (χ4v) is 4.30. The molecule has 2 atom stereocenters. The summed E-state index contributed by atoms with van der Waals surface area (Å²) in [5, 5.41) is 3.06. The first-order valence-corrected chi connectivity index (χ1v) is 8.94. The number of methoxy groups -OCH3 is 1. The Morgan fingerprint density at radius 3 is 2.76 bits per heavy atom. The van der Waals surface area contributed by atoms with Crippen LogP contribution in [-0.4, -0.2) is 34.7 Å². The van der Waals surface area contributed by atoms with Gasteiger partial charge in [-0.3, -0.25) is 0 Å². The van der Waals surface area contributed by atoms with Gasteiger partial charge in [-0.25, -0.2) is 13.1 Å². The molecule has 0 aliphatic heterocycles. The number of rotatable bonds is 7. The van der Waals surface area contributed by atoms with Gasteiger partial charge in [-0.05, 0) is 37.4 Å². The molecule has 0 amide bonds. The number of nitrogens with one attached hydrogen (secondary N) is 2. The maximum absolute atomic E-state index is 12.3. The molecule has 1 aromatic rings. The maximum atomic E-state index is 12.3. The molecule has 2 unspecified atom stereocenters. The lowest BCUT2D eigenvalue weighted by molar-refractivity contribution is 0.0916. The second-order valence-electron chi connectivity index (χ2n) is 5.54. The Labute approximate surface area is 127 Å². The average Bonchev–Trinajstić information content (AvgIpc) is 2.85. The Hall–Kier alpha value is -0.950. The Morgan fingerprint density at radius 1 is 1.29 bits per heavy atom. The lowest BCUT2D eigenvalue weighted by atomic mass is 10.1. The third-order valence-corrected chi connectivity index (χ3v) is 5.19. The first kappa shape index (κ1) is 16.4. The third kappa shape index (κ3) is 4.78. The largest absolute Gasteiger partial charge is 0.380 e. The second-order valence-corrected chi connectivity index (χ2v) is 7.29. The molecular weight excluding hydrogens is 288 g/mol. The summed E-state index contributed by atoms with van der Waals surface area (Å²) >= 11 is 0. The average molecular weight is 312 g/mol. The molecule has 21 heavy (non-hydrogen) atoms. The van der Waals surface area contributed by atoms with Gasteiger partial charge < -0.3 is 10.1 Å². The molecular formula is C15H24N2O3S. The van der Waals surface area contributed by atoms with Crippen LogP contribution in [-0.2, 0) is 27.1 Å². The van der Waals surface area contributed by atoms with E-state index >= 15 is 0 Å². The number of ether oxygens (including phenoxy) is 1. The van der Waals surface area contributed by atoms with E-state index in [4.69, 9.17) is 4.74 Å². The molecule has 1 aromatic carbocycles. The summed E-state index contributed by atoms with van der Waals surface area (Å²) in [6.45, 7) is 0.732. The fraction of sp³-hybridized carbons (Fsp3) is 0.600. The number of hydrogen-bond acceptors (Lipinski definition) is 4. The minimum absolute atomic E-state index is 0.00426. The van der Waals surface area contributed by atoms with Gasteiger partial charge in [0.25, 0.3) is 0 Å². The smallest absolute Gasteiger partial charge is 0.216 e. The standard InChI is InChI=1S/C15H24N2O3S/c1-16-10-12-5-3-6-13(9-12)11-21(18,19)17-14-7-4-8-15(14)20-2/h3,5-6,9,14-17H,4,7-8,10-11H2,1-2H3. The van der Waals surface area contributed by atoms with Gasteiger partial charge in [0.15, 0.2) is 0 Å². The van der Waals surface area contributed by atoms with Gasteiger partial charge in [-0.1, -0.05) is 24.3 Å². The summed E-state index contributed by atoms with van der Waals surface area (Å²) in [5.74, 6) is 0.0114. The Bertz CT molecular complexity index is 560. The van der Waals surface area contributed by atoms with Crippen LogP contribution < -0.4 is 10.0 Å². The molecule has 0 spiro atoms. The molecule has 2 rings (SSSR count). The minimum atomic E-state index is -3.34. The monoisotopic (exact) mass is 312 g/mol. The fourth-order valence-electron chi connectivity index (χ4n) is 2.87. The van der Waals surface area contributed by atoms with Crippen LogP contribution in [0.4, 0.5) is 0 Å². The maximum Gasteiger partial charge on any atom is 0.216 e. The van der Waals surface area contributed by atoms with Crippen molar-refractivity contribution in [2.24, 2.45) is 0 Å². The van der Waals surface area contributed by atoms with Crippen LogP contribution in [0, 0.1) is 0 Å². The second kappa shape index (κ2) is 7.35. The minimum Gasteiger partial charge on any atom is -0.380 e. The SMILES string of the molecule is CNCc1cccc(CS(=O)(=O)NC2CCCC2OC)c1. The molecule has 0 aromatic heterocycles. The van der Waals surface area contributed by atoms with E-state index in [1.165, 1.54) is 0 Å². The number of hydrogen-bond donors (Lipinski definition) is 2. The summed E-state index contributed by atoms with van der Waals surface area (Å²) in [7, 11) is 0.165. The van der Waals surface area contributed by atoms with Gasteiger partial charge in [0, 0.05) is 19.7 Å².